The molecule has 0 atom stereocenters. The van der Waals surface area contributed by atoms with E-state index in [0.29, 0.717) is 0 Å². The second kappa shape index (κ2) is 62.7. The smallest absolute Gasteiger partial charge is 0.0654 e. The van der Waals surface area contributed by atoms with Crippen molar-refractivity contribution in [3.8, 4) is 0 Å². The van der Waals surface area contributed by atoms with Crippen molar-refractivity contribution in [2.75, 3.05) is 24.6 Å². The van der Waals surface area contributed by atoms with Crippen LogP contribution in [0, 0.1) is 0 Å². The molecular weight excluding hydrogens is 848 g/mol. The zero-order chi connectivity index (χ0) is 49.8. The first-order chi connectivity index (χ1) is 34.2. The molecule has 0 nitrogen and oxygen atoms in total. The Morgan fingerprint density at radius 1 is 0.116 bits per heavy atom. The van der Waals surface area contributed by atoms with Gasteiger partial charge in [-0.25, -0.2) is 0 Å². The summed E-state index contributed by atoms with van der Waals surface area (Å²) in [4.78, 5) is 0. The molecular formula is C68H141P. The van der Waals surface area contributed by atoms with E-state index in [-0.39, 0.29) is 0 Å². The van der Waals surface area contributed by atoms with Gasteiger partial charge in [0.05, 0.1) is 0 Å². The summed E-state index contributed by atoms with van der Waals surface area (Å²) in [5, 5.41) is 0. The van der Waals surface area contributed by atoms with Gasteiger partial charge >= 0.3 is 314 Å². The molecule has 0 unspecified atom stereocenters. The Morgan fingerprint density at radius 2 is 0.203 bits per heavy atom. The molecule has 0 amide bonds. The molecule has 0 saturated heterocycles. The number of rotatable bonds is 64. The van der Waals surface area contributed by atoms with Gasteiger partial charge in [0, 0.05) is 0 Å². The molecule has 0 aliphatic rings. The molecule has 418 valence electrons. The number of hydrogen-bond acceptors (Lipinski definition) is 0. The minimum absolute atomic E-state index is 1.21. The van der Waals surface area contributed by atoms with E-state index < -0.39 is 7.26 Å². The van der Waals surface area contributed by atoms with Crippen molar-refractivity contribution in [2.45, 2.75) is 413 Å². The second-order valence-electron chi connectivity index (χ2n) is 24.3. The molecule has 0 heterocycles. The van der Waals surface area contributed by atoms with Gasteiger partial charge in [-0.15, -0.1) is 0 Å². The molecule has 0 radical (unpaired) electrons. The van der Waals surface area contributed by atoms with E-state index in [2.05, 4.69) is 27.7 Å². The first-order valence-electron chi connectivity index (χ1n) is 34.2. The van der Waals surface area contributed by atoms with Crippen LogP contribution in [0.1, 0.15) is 413 Å². The molecule has 0 N–H and O–H groups in total. The van der Waals surface area contributed by atoms with Gasteiger partial charge in [0.1, 0.15) is 0 Å². The molecule has 69 heavy (non-hydrogen) atoms. The SMILES string of the molecule is CCCCCCCCCCCCCCCCCC[PH](CCCCCCCCCCCCCC)(CCCCCCCCCCCCCCCCCC)CCCCCCCCCCCCCCCCCC. The summed E-state index contributed by atoms with van der Waals surface area (Å²) >= 11 is 0. The van der Waals surface area contributed by atoms with Crippen LogP contribution in [-0.4, -0.2) is 24.6 Å². The van der Waals surface area contributed by atoms with Gasteiger partial charge < -0.3 is 0 Å². The van der Waals surface area contributed by atoms with Crippen molar-refractivity contribution in [2.24, 2.45) is 0 Å². The maximum atomic E-state index is 2.34. The van der Waals surface area contributed by atoms with Gasteiger partial charge in [0.2, 0.25) is 0 Å². The first kappa shape index (κ1) is 69.4. The van der Waals surface area contributed by atoms with E-state index in [1.165, 1.54) is 334 Å². The van der Waals surface area contributed by atoms with Gasteiger partial charge in [-0.3, -0.25) is 0 Å². The summed E-state index contributed by atoms with van der Waals surface area (Å²) in [6, 6.07) is 0. The fourth-order valence-electron chi connectivity index (χ4n) is 12.2. The van der Waals surface area contributed by atoms with Crippen LogP contribution < -0.4 is 0 Å². The van der Waals surface area contributed by atoms with Gasteiger partial charge in [-0.2, -0.15) is 0 Å². The van der Waals surface area contributed by atoms with Crippen LogP contribution in [0.2, 0.25) is 0 Å². The fourth-order valence-corrected chi connectivity index (χ4v) is 17.7. The number of hydrogen-bond donors (Lipinski definition) is 0. The molecule has 0 aliphatic carbocycles. The van der Waals surface area contributed by atoms with Crippen molar-refractivity contribution in [1.29, 1.82) is 0 Å². The van der Waals surface area contributed by atoms with Gasteiger partial charge in [0.15, 0.2) is 0 Å². The summed E-state index contributed by atoms with van der Waals surface area (Å²) in [5.74, 6) is 0. The fraction of sp³-hybridized carbons (Fsp3) is 1.00. The van der Waals surface area contributed by atoms with Gasteiger partial charge in [-0.05, 0) is 0 Å². The predicted octanol–water partition coefficient (Wildman–Crippen LogP) is 26.2. The summed E-state index contributed by atoms with van der Waals surface area (Å²) in [6.07, 6.45) is 96.6. The van der Waals surface area contributed by atoms with Crippen molar-refractivity contribution in [1.82, 2.24) is 0 Å². The van der Waals surface area contributed by atoms with Crippen LogP contribution in [0.15, 0.2) is 0 Å². The average molecular weight is 990 g/mol. The Hall–Kier alpha value is 0.430. The molecule has 0 spiro atoms. The van der Waals surface area contributed by atoms with Crippen molar-refractivity contribution in [3.63, 3.8) is 0 Å². The first-order valence-corrected chi connectivity index (χ1v) is 37.1. The Balaban J connectivity index is 4.92. The standard InChI is InChI=1S/C68H141P/c1-5-9-13-17-21-25-29-33-36-39-42-46-50-54-58-62-66-69(65-61-57-53-49-45-32-28-24-20-16-12-8-4,67-63-59-55-51-47-43-40-37-34-30-26-22-18-14-10-6-2)68-64-60-56-52-48-44-41-38-35-31-27-23-19-15-11-7-3/h69H,5-68H2,1-4H3. The van der Waals surface area contributed by atoms with E-state index in [9.17, 15) is 0 Å². The third-order valence-corrected chi connectivity index (χ3v) is 22.9. The van der Waals surface area contributed by atoms with Crippen LogP contribution in [-0.2, 0) is 0 Å². The van der Waals surface area contributed by atoms with E-state index >= 15 is 0 Å². The van der Waals surface area contributed by atoms with Crippen molar-refractivity contribution in [3.05, 3.63) is 0 Å². The monoisotopic (exact) mass is 989 g/mol. The molecule has 0 fully saturated rings. The molecule has 0 aliphatic heterocycles. The molecule has 0 saturated carbocycles. The molecule has 1 heteroatoms. The molecule has 0 aromatic carbocycles. The zero-order valence-corrected chi connectivity index (χ0v) is 50.8. The van der Waals surface area contributed by atoms with Crippen LogP contribution in [0.4, 0.5) is 0 Å². The Bertz CT molecular complexity index is 775. The molecule has 0 aromatic heterocycles. The van der Waals surface area contributed by atoms with E-state index in [4.69, 9.17) is 0 Å². The predicted molar refractivity (Wildman–Crippen MR) is 327 cm³/mol. The minimum Gasteiger partial charge on any atom is -0.0654 e. The van der Waals surface area contributed by atoms with E-state index in [0.717, 1.165) is 0 Å². The molecule has 0 aromatic rings. The molecule has 0 bridgehead atoms. The third kappa shape index (κ3) is 57.6. The summed E-state index contributed by atoms with van der Waals surface area (Å²) < 4.78 is 0. The van der Waals surface area contributed by atoms with Crippen LogP contribution in [0.25, 0.3) is 0 Å². The maximum absolute atomic E-state index is 2.34. The normalized spacial score (nSPS) is 12.2. The minimum atomic E-state index is -1.21. The van der Waals surface area contributed by atoms with Crippen LogP contribution in [0.3, 0.4) is 0 Å². The number of unbranched alkanes of at least 4 members (excludes halogenated alkanes) is 56. The zero-order valence-electron chi connectivity index (χ0n) is 49.8. The van der Waals surface area contributed by atoms with E-state index in [1.807, 2.05) is 0 Å². The van der Waals surface area contributed by atoms with Crippen molar-refractivity contribution >= 4 is 7.26 Å². The summed E-state index contributed by atoms with van der Waals surface area (Å²) in [5.41, 5.74) is 0. The average Bonchev–Trinajstić information content (AvgIpc) is 3.36. The van der Waals surface area contributed by atoms with Gasteiger partial charge in [0.25, 0.3) is 0 Å². The third-order valence-electron chi connectivity index (χ3n) is 17.2. The summed E-state index contributed by atoms with van der Waals surface area (Å²) in [6.45, 7) is 9.34. The Kier molecular flexibility index (Phi) is 63.1. The Labute approximate surface area is 442 Å². The van der Waals surface area contributed by atoms with Gasteiger partial charge in [-0.1, -0.05) is 130 Å². The topological polar surface area (TPSA) is 0 Å². The van der Waals surface area contributed by atoms with Crippen LogP contribution in [0.5, 0.6) is 0 Å². The molecule has 0 rings (SSSR count). The Morgan fingerprint density at radius 3 is 0.304 bits per heavy atom. The second-order valence-corrected chi connectivity index (χ2v) is 29.3. The van der Waals surface area contributed by atoms with Crippen molar-refractivity contribution < 1.29 is 0 Å². The summed E-state index contributed by atoms with van der Waals surface area (Å²) in [7, 11) is -1.21. The van der Waals surface area contributed by atoms with E-state index in [1.54, 1.807) is 76.0 Å². The quantitative estimate of drug-likeness (QED) is 0.0421. The van der Waals surface area contributed by atoms with Crippen LogP contribution >= 0.6 is 7.26 Å².